The van der Waals surface area contributed by atoms with E-state index in [0.29, 0.717) is 37.8 Å². The molecule has 5 rings (SSSR count). The Morgan fingerprint density at radius 3 is 2.72 bits per heavy atom. The van der Waals surface area contributed by atoms with Crippen molar-refractivity contribution < 1.29 is 14.3 Å². The quantitative estimate of drug-likeness (QED) is 0.401. The number of carbonyl (C=O) groups is 2. The molecule has 4 aromatic rings. The summed E-state index contributed by atoms with van der Waals surface area (Å²) < 4.78 is 5.35. The Kier molecular flexibility index (Phi) is 6.59. The summed E-state index contributed by atoms with van der Waals surface area (Å²) in [6, 6.07) is 9.48. The number of aromatic amines is 1. The predicted molar refractivity (Wildman–Crippen MR) is 137 cm³/mol. The monoisotopic (exact) mass is 485 g/mol. The molecule has 0 aliphatic carbocycles. The summed E-state index contributed by atoms with van der Waals surface area (Å²) in [5, 5.41) is 7.96. The van der Waals surface area contributed by atoms with Gasteiger partial charge >= 0.3 is 0 Å². The SMILES string of the molecule is Cc1cccc(N(C)CC(=O)N2CCOCC2)c1N(C=O)c1ccc(-c2cncc3[nH]ncc23)cn1. The molecule has 184 valence electrons. The number of amides is 2. The van der Waals surface area contributed by atoms with E-state index in [0.717, 1.165) is 39.7 Å². The van der Waals surface area contributed by atoms with Gasteiger partial charge in [-0.2, -0.15) is 5.10 Å². The summed E-state index contributed by atoms with van der Waals surface area (Å²) in [5.74, 6) is 0.500. The third kappa shape index (κ3) is 4.50. The lowest BCUT2D eigenvalue weighted by Crippen LogP contribution is -2.45. The number of morpholine rings is 1. The van der Waals surface area contributed by atoms with Gasteiger partial charge in [-0.1, -0.05) is 12.1 Å². The molecule has 10 nitrogen and oxygen atoms in total. The molecule has 0 spiro atoms. The molecule has 1 aliphatic rings. The topological polar surface area (TPSA) is 108 Å². The summed E-state index contributed by atoms with van der Waals surface area (Å²) in [4.78, 5) is 39.3. The molecule has 0 unspecified atom stereocenters. The highest BCUT2D eigenvalue weighted by Gasteiger charge is 2.23. The summed E-state index contributed by atoms with van der Waals surface area (Å²) in [6.45, 7) is 4.41. The Hall–Kier alpha value is -4.31. The first-order chi connectivity index (χ1) is 17.6. The summed E-state index contributed by atoms with van der Waals surface area (Å²) in [5.41, 5.74) is 4.94. The Morgan fingerprint density at radius 2 is 1.97 bits per heavy atom. The minimum absolute atomic E-state index is 0.0235. The second-order valence-corrected chi connectivity index (χ2v) is 8.69. The molecular formula is C26H27N7O3. The maximum absolute atomic E-state index is 12.9. The first-order valence-electron chi connectivity index (χ1n) is 11.7. The average molecular weight is 486 g/mol. The van der Waals surface area contributed by atoms with Crippen LogP contribution >= 0.6 is 0 Å². The molecule has 36 heavy (non-hydrogen) atoms. The molecule has 10 heteroatoms. The van der Waals surface area contributed by atoms with Crippen LogP contribution in [0.1, 0.15) is 5.56 Å². The van der Waals surface area contributed by atoms with Gasteiger partial charge in [-0.05, 0) is 30.7 Å². The third-order valence-electron chi connectivity index (χ3n) is 6.38. The fraction of sp³-hybridized carbons (Fsp3) is 0.269. The number of nitrogens with zero attached hydrogens (tertiary/aromatic N) is 6. The number of aromatic nitrogens is 4. The van der Waals surface area contributed by atoms with Gasteiger partial charge in [0.15, 0.2) is 0 Å². The molecule has 3 aromatic heterocycles. The first kappa shape index (κ1) is 23.4. The van der Waals surface area contributed by atoms with E-state index in [4.69, 9.17) is 4.74 Å². The van der Waals surface area contributed by atoms with Gasteiger partial charge in [0.2, 0.25) is 12.3 Å². The summed E-state index contributed by atoms with van der Waals surface area (Å²) >= 11 is 0. The van der Waals surface area contributed by atoms with Crippen LogP contribution in [0.15, 0.2) is 55.1 Å². The number of hydrogen-bond acceptors (Lipinski definition) is 7. The van der Waals surface area contributed by atoms with Crippen molar-refractivity contribution in [2.24, 2.45) is 0 Å². The Labute approximate surface area is 208 Å². The number of anilines is 3. The van der Waals surface area contributed by atoms with Crippen molar-refractivity contribution in [3.63, 3.8) is 0 Å². The van der Waals surface area contributed by atoms with Crippen molar-refractivity contribution in [2.75, 3.05) is 49.7 Å². The van der Waals surface area contributed by atoms with Crippen LogP contribution in [-0.4, -0.2) is 77.3 Å². The lowest BCUT2D eigenvalue weighted by molar-refractivity contribution is -0.133. The lowest BCUT2D eigenvalue weighted by Gasteiger charge is -2.31. The van der Waals surface area contributed by atoms with Crippen molar-refractivity contribution in [3.8, 4) is 11.1 Å². The molecular weight excluding hydrogens is 458 g/mol. The van der Waals surface area contributed by atoms with Gasteiger partial charge in [-0.25, -0.2) is 4.98 Å². The molecule has 1 aromatic carbocycles. The number of nitrogens with one attached hydrogen (secondary N) is 1. The molecule has 4 heterocycles. The molecule has 1 saturated heterocycles. The number of pyridine rings is 2. The highest BCUT2D eigenvalue weighted by atomic mass is 16.5. The zero-order valence-electron chi connectivity index (χ0n) is 20.2. The maximum Gasteiger partial charge on any atom is 0.242 e. The number of benzene rings is 1. The minimum Gasteiger partial charge on any atom is -0.378 e. The van der Waals surface area contributed by atoms with Crippen molar-refractivity contribution in [3.05, 3.63) is 60.7 Å². The smallest absolute Gasteiger partial charge is 0.242 e. The molecule has 1 aliphatic heterocycles. The Morgan fingerprint density at radius 1 is 1.14 bits per heavy atom. The van der Waals surface area contributed by atoms with Gasteiger partial charge in [0.25, 0.3) is 0 Å². The molecule has 0 saturated carbocycles. The fourth-order valence-electron chi connectivity index (χ4n) is 4.47. The predicted octanol–water partition coefficient (Wildman–Crippen LogP) is 2.92. The zero-order valence-corrected chi connectivity index (χ0v) is 20.2. The third-order valence-corrected chi connectivity index (χ3v) is 6.38. The van der Waals surface area contributed by atoms with Gasteiger partial charge < -0.3 is 14.5 Å². The van der Waals surface area contributed by atoms with Crippen LogP contribution in [0.5, 0.6) is 0 Å². The molecule has 2 amide bonds. The highest BCUT2D eigenvalue weighted by Crippen LogP contribution is 2.36. The van der Waals surface area contributed by atoms with E-state index in [2.05, 4.69) is 20.2 Å². The minimum atomic E-state index is 0.0235. The van der Waals surface area contributed by atoms with Gasteiger partial charge in [-0.15, -0.1) is 0 Å². The Bertz CT molecular complexity index is 1380. The maximum atomic E-state index is 12.9. The summed E-state index contributed by atoms with van der Waals surface area (Å²) in [7, 11) is 1.86. The van der Waals surface area contributed by atoms with E-state index in [9.17, 15) is 9.59 Å². The molecule has 0 atom stereocenters. The second kappa shape index (κ2) is 10.1. The number of ether oxygens (including phenoxy) is 1. The van der Waals surface area contributed by atoms with Crippen molar-refractivity contribution >= 4 is 40.4 Å². The number of H-pyrrole nitrogens is 1. The van der Waals surface area contributed by atoms with Crippen LogP contribution < -0.4 is 9.80 Å². The number of para-hydroxylation sites is 1. The van der Waals surface area contributed by atoms with Gasteiger partial charge in [0, 0.05) is 49.0 Å². The number of hydrogen-bond donors (Lipinski definition) is 1. The van der Waals surface area contributed by atoms with Crippen molar-refractivity contribution in [2.45, 2.75) is 6.92 Å². The van der Waals surface area contributed by atoms with E-state index in [1.54, 1.807) is 30.9 Å². The van der Waals surface area contributed by atoms with E-state index < -0.39 is 0 Å². The fourth-order valence-corrected chi connectivity index (χ4v) is 4.47. The molecule has 1 N–H and O–H groups in total. The number of rotatable bonds is 7. The van der Waals surface area contributed by atoms with Gasteiger partial charge in [-0.3, -0.25) is 24.6 Å². The number of likely N-dealkylation sites (N-methyl/N-ethyl adjacent to an activating group) is 1. The molecule has 1 fully saturated rings. The van der Waals surface area contributed by atoms with Crippen molar-refractivity contribution in [1.82, 2.24) is 25.1 Å². The van der Waals surface area contributed by atoms with Gasteiger partial charge in [0.1, 0.15) is 5.82 Å². The van der Waals surface area contributed by atoms with Crippen LogP contribution in [-0.2, 0) is 14.3 Å². The van der Waals surface area contributed by atoms with Crippen LogP contribution in [0, 0.1) is 6.92 Å². The Balaban J connectivity index is 1.43. The first-order valence-corrected chi connectivity index (χ1v) is 11.7. The standard InChI is InChI=1S/C26H27N7O3/c1-18-4-3-5-23(31(2)16-25(35)32-8-10-36-11-9-32)26(18)33(17-34)24-7-6-19(12-28-24)20-13-27-15-22-21(20)14-29-30-22/h3-7,12-15,17H,8-11,16H2,1-2H3,(H,29,30). The molecule has 0 bridgehead atoms. The van der Waals surface area contributed by atoms with E-state index in [1.807, 2.05) is 48.0 Å². The van der Waals surface area contributed by atoms with Crippen molar-refractivity contribution in [1.29, 1.82) is 0 Å². The number of fused-ring (bicyclic) bond motifs is 1. The van der Waals surface area contributed by atoms with E-state index in [-0.39, 0.29) is 12.5 Å². The summed E-state index contributed by atoms with van der Waals surface area (Å²) in [6.07, 6.45) is 7.72. The average Bonchev–Trinajstić information content (AvgIpc) is 3.40. The normalized spacial score (nSPS) is 13.6. The number of carbonyl (C=O) groups excluding carboxylic acids is 2. The molecule has 0 radical (unpaired) electrons. The van der Waals surface area contributed by atoms with Crippen LogP contribution in [0.2, 0.25) is 0 Å². The van der Waals surface area contributed by atoms with Crippen LogP contribution in [0.4, 0.5) is 17.2 Å². The largest absolute Gasteiger partial charge is 0.378 e. The zero-order chi connectivity index (χ0) is 25.1. The highest BCUT2D eigenvalue weighted by molar-refractivity contribution is 5.95. The van der Waals surface area contributed by atoms with E-state index in [1.165, 1.54) is 4.90 Å². The van der Waals surface area contributed by atoms with Crippen LogP contribution in [0.3, 0.4) is 0 Å². The second-order valence-electron chi connectivity index (χ2n) is 8.69. The van der Waals surface area contributed by atoms with Gasteiger partial charge in [0.05, 0.1) is 49.0 Å². The van der Waals surface area contributed by atoms with E-state index >= 15 is 0 Å². The van der Waals surface area contributed by atoms with Crippen LogP contribution in [0.25, 0.3) is 22.0 Å². The lowest BCUT2D eigenvalue weighted by atomic mass is 10.1. The number of aryl methyl sites for hydroxylation is 1.